The van der Waals surface area contributed by atoms with Crippen molar-refractivity contribution in [3.8, 4) is 0 Å². The van der Waals surface area contributed by atoms with E-state index in [-0.39, 0.29) is 16.9 Å². The van der Waals surface area contributed by atoms with Crippen LogP contribution in [0.3, 0.4) is 0 Å². The number of anilines is 1. The van der Waals surface area contributed by atoms with Crippen LogP contribution in [-0.4, -0.2) is 43.1 Å². The molecule has 0 bridgehead atoms. The standard InChI is InChI=1S/C19H16N4O5/c1-11-16(21-22-23(11)10-12-5-3-2-4-6-12)17(24)20-13-7-8-14(18(25)26)15(9-13)19(27)28/h2-9H,10H2,1H3,(H,20,24)(H,25,26)(H,27,28). The molecule has 9 nitrogen and oxygen atoms in total. The van der Waals surface area contributed by atoms with Crippen molar-refractivity contribution in [3.05, 3.63) is 76.6 Å². The van der Waals surface area contributed by atoms with Gasteiger partial charge in [0.15, 0.2) is 5.69 Å². The van der Waals surface area contributed by atoms with Gasteiger partial charge in [0, 0.05) is 5.69 Å². The van der Waals surface area contributed by atoms with Crippen molar-refractivity contribution >= 4 is 23.5 Å². The first-order valence-electron chi connectivity index (χ1n) is 8.23. The van der Waals surface area contributed by atoms with Gasteiger partial charge in [-0.3, -0.25) is 4.79 Å². The molecule has 142 valence electrons. The zero-order valence-electron chi connectivity index (χ0n) is 14.8. The predicted octanol–water partition coefficient (Wildman–Crippen LogP) is 2.28. The molecule has 3 N–H and O–H groups in total. The van der Waals surface area contributed by atoms with Gasteiger partial charge in [-0.2, -0.15) is 0 Å². The van der Waals surface area contributed by atoms with Crippen molar-refractivity contribution in [2.75, 3.05) is 5.32 Å². The number of nitrogens with zero attached hydrogens (tertiary/aromatic N) is 3. The molecule has 0 aliphatic rings. The van der Waals surface area contributed by atoms with Gasteiger partial charge in [0.2, 0.25) is 0 Å². The predicted molar refractivity (Wildman–Crippen MR) is 98.6 cm³/mol. The maximum atomic E-state index is 12.5. The van der Waals surface area contributed by atoms with Crippen molar-refractivity contribution in [1.82, 2.24) is 15.0 Å². The van der Waals surface area contributed by atoms with E-state index in [9.17, 15) is 19.5 Å². The Bertz CT molecular complexity index is 1060. The summed E-state index contributed by atoms with van der Waals surface area (Å²) >= 11 is 0. The molecule has 0 radical (unpaired) electrons. The zero-order valence-corrected chi connectivity index (χ0v) is 14.8. The molecular weight excluding hydrogens is 364 g/mol. The van der Waals surface area contributed by atoms with E-state index >= 15 is 0 Å². The molecule has 0 aliphatic carbocycles. The number of aromatic nitrogens is 3. The molecule has 9 heteroatoms. The van der Waals surface area contributed by atoms with Crippen LogP contribution in [0, 0.1) is 6.92 Å². The van der Waals surface area contributed by atoms with E-state index in [1.165, 1.54) is 6.07 Å². The summed E-state index contributed by atoms with van der Waals surface area (Å²) in [5, 5.41) is 28.6. The van der Waals surface area contributed by atoms with Crippen molar-refractivity contribution in [2.45, 2.75) is 13.5 Å². The molecule has 2 aromatic carbocycles. The smallest absolute Gasteiger partial charge is 0.336 e. The number of hydrogen-bond acceptors (Lipinski definition) is 5. The van der Waals surface area contributed by atoms with E-state index in [0.717, 1.165) is 17.7 Å². The van der Waals surface area contributed by atoms with Crippen LogP contribution in [0.2, 0.25) is 0 Å². The molecule has 0 atom stereocenters. The van der Waals surface area contributed by atoms with E-state index in [1.54, 1.807) is 11.6 Å². The minimum absolute atomic E-state index is 0.0927. The van der Waals surface area contributed by atoms with E-state index in [0.29, 0.717) is 12.2 Å². The van der Waals surface area contributed by atoms with Gasteiger partial charge in [0.25, 0.3) is 5.91 Å². The number of amides is 1. The largest absolute Gasteiger partial charge is 0.478 e. The van der Waals surface area contributed by atoms with Crippen LogP contribution in [-0.2, 0) is 6.54 Å². The van der Waals surface area contributed by atoms with Crippen LogP contribution < -0.4 is 5.32 Å². The monoisotopic (exact) mass is 380 g/mol. The lowest BCUT2D eigenvalue weighted by Crippen LogP contribution is -2.16. The highest BCUT2D eigenvalue weighted by Gasteiger charge is 2.20. The molecule has 1 amide bonds. The molecule has 28 heavy (non-hydrogen) atoms. The third kappa shape index (κ3) is 3.88. The Hall–Kier alpha value is -4.01. The van der Waals surface area contributed by atoms with Crippen LogP contribution in [0.15, 0.2) is 48.5 Å². The third-order valence-electron chi connectivity index (χ3n) is 4.11. The third-order valence-corrected chi connectivity index (χ3v) is 4.11. The fraction of sp³-hybridized carbons (Fsp3) is 0.105. The number of benzene rings is 2. The molecule has 3 aromatic rings. The summed E-state index contributed by atoms with van der Waals surface area (Å²) in [7, 11) is 0. The Kier molecular flexibility index (Phi) is 5.16. The molecule has 0 saturated heterocycles. The average molecular weight is 380 g/mol. The lowest BCUT2D eigenvalue weighted by atomic mass is 10.1. The Morgan fingerprint density at radius 3 is 2.32 bits per heavy atom. The lowest BCUT2D eigenvalue weighted by molar-refractivity contribution is 0.0651. The summed E-state index contributed by atoms with van der Waals surface area (Å²) in [6.07, 6.45) is 0. The fourth-order valence-corrected chi connectivity index (χ4v) is 2.65. The number of rotatable bonds is 6. The van der Waals surface area contributed by atoms with E-state index in [2.05, 4.69) is 15.6 Å². The van der Waals surface area contributed by atoms with Gasteiger partial charge in [0.1, 0.15) is 0 Å². The second-order valence-electron chi connectivity index (χ2n) is 5.99. The lowest BCUT2D eigenvalue weighted by Gasteiger charge is -2.08. The quantitative estimate of drug-likeness (QED) is 0.597. The molecule has 0 saturated carbocycles. The number of carbonyl (C=O) groups excluding carboxylic acids is 1. The van der Waals surface area contributed by atoms with Crippen LogP contribution >= 0.6 is 0 Å². The number of nitrogens with one attached hydrogen (secondary N) is 1. The maximum Gasteiger partial charge on any atom is 0.336 e. The number of carboxylic acids is 2. The SMILES string of the molecule is Cc1c(C(=O)Nc2ccc(C(=O)O)c(C(=O)O)c2)nnn1Cc1ccccc1. The second-order valence-corrected chi connectivity index (χ2v) is 5.99. The summed E-state index contributed by atoms with van der Waals surface area (Å²) in [6.45, 7) is 2.15. The molecule has 0 aliphatic heterocycles. The molecule has 0 fully saturated rings. The summed E-state index contributed by atoms with van der Waals surface area (Å²) in [5.74, 6) is -3.34. The first-order valence-corrected chi connectivity index (χ1v) is 8.23. The Balaban J connectivity index is 1.81. The second kappa shape index (κ2) is 7.70. The van der Waals surface area contributed by atoms with Crippen molar-refractivity contribution in [3.63, 3.8) is 0 Å². The highest BCUT2D eigenvalue weighted by Crippen LogP contribution is 2.18. The number of carbonyl (C=O) groups is 3. The average Bonchev–Trinajstić information content (AvgIpc) is 3.02. The van der Waals surface area contributed by atoms with E-state index in [4.69, 9.17) is 5.11 Å². The van der Waals surface area contributed by atoms with Crippen LogP contribution in [0.25, 0.3) is 0 Å². The van der Waals surface area contributed by atoms with Gasteiger partial charge < -0.3 is 15.5 Å². The zero-order chi connectivity index (χ0) is 20.3. The minimum Gasteiger partial charge on any atom is -0.478 e. The van der Waals surface area contributed by atoms with Gasteiger partial charge in [-0.25, -0.2) is 14.3 Å². The van der Waals surface area contributed by atoms with Crippen LogP contribution in [0.4, 0.5) is 5.69 Å². The fourth-order valence-electron chi connectivity index (χ4n) is 2.65. The molecule has 1 heterocycles. The Labute approximate surface area is 159 Å². The topological polar surface area (TPSA) is 134 Å². The number of hydrogen-bond donors (Lipinski definition) is 3. The molecule has 3 rings (SSSR count). The van der Waals surface area contributed by atoms with Gasteiger partial charge in [-0.15, -0.1) is 5.10 Å². The van der Waals surface area contributed by atoms with Gasteiger partial charge in [-0.05, 0) is 30.7 Å². The Morgan fingerprint density at radius 1 is 1.00 bits per heavy atom. The van der Waals surface area contributed by atoms with Crippen molar-refractivity contribution in [2.24, 2.45) is 0 Å². The highest BCUT2D eigenvalue weighted by molar-refractivity contribution is 6.06. The van der Waals surface area contributed by atoms with Crippen molar-refractivity contribution in [1.29, 1.82) is 0 Å². The summed E-state index contributed by atoms with van der Waals surface area (Å²) in [6, 6.07) is 13.1. The molecule has 1 aromatic heterocycles. The summed E-state index contributed by atoms with van der Waals surface area (Å²) in [5.41, 5.74) is 0.990. The summed E-state index contributed by atoms with van der Waals surface area (Å²) in [4.78, 5) is 34.9. The van der Waals surface area contributed by atoms with Crippen LogP contribution in [0.1, 0.15) is 42.5 Å². The van der Waals surface area contributed by atoms with Crippen molar-refractivity contribution < 1.29 is 24.6 Å². The van der Waals surface area contributed by atoms with Gasteiger partial charge in [-0.1, -0.05) is 35.5 Å². The number of carboxylic acid groups (broad SMARTS) is 2. The maximum absolute atomic E-state index is 12.5. The van der Waals surface area contributed by atoms with E-state index in [1.807, 2.05) is 30.3 Å². The first kappa shape index (κ1) is 18.8. The van der Waals surface area contributed by atoms with E-state index < -0.39 is 23.4 Å². The highest BCUT2D eigenvalue weighted by atomic mass is 16.4. The van der Waals surface area contributed by atoms with Crippen LogP contribution in [0.5, 0.6) is 0 Å². The summed E-state index contributed by atoms with van der Waals surface area (Å²) < 4.78 is 1.58. The first-order chi connectivity index (χ1) is 13.4. The molecular formula is C19H16N4O5. The molecule has 0 unspecified atom stereocenters. The van der Waals surface area contributed by atoms with Gasteiger partial charge >= 0.3 is 11.9 Å². The number of aromatic carboxylic acids is 2. The molecule has 0 spiro atoms. The Morgan fingerprint density at radius 2 is 1.68 bits per heavy atom. The minimum atomic E-state index is -1.40. The van der Waals surface area contributed by atoms with Gasteiger partial charge in [0.05, 0.1) is 23.4 Å². The normalized spacial score (nSPS) is 10.5.